The first-order valence-electron chi connectivity index (χ1n) is 7.28. The molecule has 1 aliphatic heterocycles. The van der Waals surface area contributed by atoms with Gasteiger partial charge in [-0.15, -0.1) is 6.58 Å². The van der Waals surface area contributed by atoms with Gasteiger partial charge in [0.1, 0.15) is 0 Å². The number of hydrogen-bond acceptors (Lipinski definition) is 5. The monoisotopic (exact) mass is 359 g/mol. The normalized spacial score (nSPS) is 16.7. The maximum absolute atomic E-state index is 12.3. The summed E-state index contributed by atoms with van der Waals surface area (Å²) in [5.41, 5.74) is 6.08. The van der Waals surface area contributed by atoms with Gasteiger partial charge in [-0.25, -0.2) is 4.79 Å². The van der Waals surface area contributed by atoms with Gasteiger partial charge in [0.15, 0.2) is 11.0 Å². The van der Waals surface area contributed by atoms with E-state index in [2.05, 4.69) is 34.6 Å². The third kappa shape index (κ3) is 4.42. The fourth-order valence-electron chi connectivity index (χ4n) is 2.12. The number of urea groups is 1. The molecule has 0 aliphatic carbocycles. The second-order valence-electron chi connectivity index (χ2n) is 5.06. The minimum Gasteiger partial charge on any atom is -0.331 e. The van der Waals surface area contributed by atoms with E-state index in [1.165, 1.54) is 6.08 Å². The van der Waals surface area contributed by atoms with Gasteiger partial charge in [0.25, 0.3) is 0 Å². The maximum Gasteiger partial charge on any atom is 0.331 e. The quantitative estimate of drug-likeness (QED) is 0.259. The van der Waals surface area contributed by atoms with Crippen molar-refractivity contribution in [2.24, 2.45) is 5.92 Å². The fraction of sp³-hybridized carbons (Fsp3) is 0.125. The Labute approximate surface area is 149 Å². The molecule has 0 unspecified atom stereocenters. The predicted octanol–water partition coefficient (Wildman–Crippen LogP) is 0.872. The van der Waals surface area contributed by atoms with Gasteiger partial charge in [-0.2, -0.15) is 0 Å². The van der Waals surface area contributed by atoms with Gasteiger partial charge in [-0.3, -0.25) is 25.2 Å². The van der Waals surface area contributed by atoms with Gasteiger partial charge in [-0.1, -0.05) is 30.9 Å². The lowest BCUT2D eigenvalue weighted by atomic mass is 10.0. The van der Waals surface area contributed by atoms with Crippen molar-refractivity contribution in [1.29, 1.82) is 0 Å². The fourth-order valence-corrected chi connectivity index (χ4v) is 2.28. The van der Waals surface area contributed by atoms with Crippen molar-refractivity contribution in [3.8, 4) is 0 Å². The largest absolute Gasteiger partial charge is 0.331 e. The third-order valence-corrected chi connectivity index (χ3v) is 3.48. The number of hydrogen-bond donors (Lipinski definition) is 4. The highest BCUT2D eigenvalue weighted by atomic mass is 32.1. The molecule has 1 aromatic carbocycles. The summed E-state index contributed by atoms with van der Waals surface area (Å²) in [4.78, 5) is 36.8. The van der Waals surface area contributed by atoms with Crippen LogP contribution in [0, 0.1) is 5.92 Å². The summed E-state index contributed by atoms with van der Waals surface area (Å²) in [6.45, 7) is 7.14. The van der Waals surface area contributed by atoms with Crippen LogP contribution in [0.1, 0.15) is 0 Å². The number of amides is 4. The molecule has 1 atom stereocenters. The average Bonchev–Trinajstić information content (AvgIpc) is 2.57. The zero-order valence-corrected chi connectivity index (χ0v) is 14.1. The van der Waals surface area contributed by atoms with Crippen LogP contribution in [-0.2, 0) is 9.59 Å². The number of imide groups is 2. The van der Waals surface area contributed by atoms with Gasteiger partial charge in [0.05, 0.1) is 0 Å². The summed E-state index contributed by atoms with van der Waals surface area (Å²) in [6, 6.07) is 8.40. The number of carbonyl (C=O) groups excluding carboxylic acids is 3. The van der Waals surface area contributed by atoms with Crippen LogP contribution in [0.5, 0.6) is 0 Å². The van der Waals surface area contributed by atoms with Crippen LogP contribution in [-0.4, -0.2) is 34.4 Å². The highest BCUT2D eigenvalue weighted by molar-refractivity contribution is 7.80. The number of thiocarbonyl (C=S) groups is 1. The van der Waals surface area contributed by atoms with E-state index < -0.39 is 23.8 Å². The molecule has 4 amide bonds. The number of nitrogens with one attached hydrogen (secondary N) is 4. The van der Waals surface area contributed by atoms with E-state index in [9.17, 15) is 14.4 Å². The smallest absolute Gasteiger partial charge is 0.331 e. The molecule has 0 aromatic heterocycles. The Bertz CT molecular complexity index is 735. The maximum atomic E-state index is 12.3. The van der Waals surface area contributed by atoms with E-state index in [1.54, 1.807) is 0 Å². The minimum absolute atomic E-state index is 0.0108. The number of hydrazine groups is 1. The molecule has 0 bridgehead atoms. The van der Waals surface area contributed by atoms with Gasteiger partial charge in [0, 0.05) is 17.9 Å². The van der Waals surface area contributed by atoms with Crippen molar-refractivity contribution in [2.45, 2.75) is 0 Å². The summed E-state index contributed by atoms with van der Waals surface area (Å²) < 4.78 is 0. The molecule has 2 rings (SSSR count). The molecular formula is C16H17N5O3S. The lowest BCUT2D eigenvalue weighted by Gasteiger charge is -2.30. The molecule has 0 spiro atoms. The SMILES string of the molecule is C=CCN1C(=O)NC(=O)[C@H](C(=C)NNC(=S)Nc2ccccc2)C1=O. The van der Waals surface area contributed by atoms with Crippen LogP contribution in [0.15, 0.2) is 55.3 Å². The minimum atomic E-state index is -1.26. The first kappa shape index (κ1) is 18.1. The zero-order valence-electron chi connectivity index (χ0n) is 13.2. The van der Waals surface area contributed by atoms with E-state index in [0.29, 0.717) is 0 Å². The molecule has 130 valence electrons. The Hall–Kier alpha value is -3.20. The highest BCUT2D eigenvalue weighted by Gasteiger charge is 2.41. The second-order valence-corrected chi connectivity index (χ2v) is 5.47. The number of nitrogens with zero attached hydrogens (tertiary/aromatic N) is 1. The van der Waals surface area contributed by atoms with Crippen molar-refractivity contribution >= 4 is 40.9 Å². The summed E-state index contributed by atoms with van der Waals surface area (Å²) in [5, 5.41) is 5.24. The summed E-state index contributed by atoms with van der Waals surface area (Å²) >= 11 is 5.11. The Morgan fingerprint density at radius 2 is 1.92 bits per heavy atom. The van der Waals surface area contributed by atoms with Crippen molar-refractivity contribution in [1.82, 2.24) is 21.1 Å². The number of barbiturate groups is 1. The van der Waals surface area contributed by atoms with E-state index in [4.69, 9.17) is 12.2 Å². The molecule has 25 heavy (non-hydrogen) atoms. The van der Waals surface area contributed by atoms with Crippen molar-refractivity contribution in [3.05, 3.63) is 55.3 Å². The number of benzene rings is 1. The zero-order chi connectivity index (χ0) is 18.4. The Balaban J connectivity index is 1.95. The van der Waals surface area contributed by atoms with Crippen LogP contribution in [0.3, 0.4) is 0 Å². The van der Waals surface area contributed by atoms with Crippen molar-refractivity contribution in [2.75, 3.05) is 11.9 Å². The number of anilines is 1. The van der Waals surface area contributed by atoms with E-state index in [0.717, 1.165) is 10.6 Å². The molecule has 1 aliphatic rings. The van der Waals surface area contributed by atoms with E-state index in [1.807, 2.05) is 30.3 Å². The molecule has 1 fully saturated rings. The Morgan fingerprint density at radius 1 is 1.24 bits per heavy atom. The summed E-state index contributed by atoms with van der Waals surface area (Å²) in [5.74, 6) is -2.70. The van der Waals surface area contributed by atoms with E-state index >= 15 is 0 Å². The first-order chi connectivity index (χ1) is 11.9. The van der Waals surface area contributed by atoms with Crippen LogP contribution < -0.4 is 21.5 Å². The number of carbonyl (C=O) groups is 3. The van der Waals surface area contributed by atoms with Crippen molar-refractivity contribution in [3.63, 3.8) is 0 Å². The summed E-state index contributed by atoms with van der Waals surface area (Å²) in [7, 11) is 0. The Kier molecular flexibility index (Phi) is 5.85. The van der Waals surface area contributed by atoms with Crippen molar-refractivity contribution < 1.29 is 14.4 Å². The van der Waals surface area contributed by atoms with E-state index in [-0.39, 0.29) is 17.4 Å². The lowest BCUT2D eigenvalue weighted by Crippen LogP contribution is -2.59. The molecule has 8 nitrogen and oxygen atoms in total. The van der Waals surface area contributed by atoms with Gasteiger partial charge >= 0.3 is 6.03 Å². The van der Waals surface area contributed by atoms with Crippen LogP contribution in [0.4, 0.5) is 10.5 Å². The molecule has 1 saturated heterocycles. The average molecular weight is 359 g/mol. The molecule has 1 aromatic rings. The van der Waals surface area contributed by atoms with Gasteiger partial charge in [0.2, 0.25) is 11.8 Å². The van der Waals surface area contributed by atoms with Crippen LogP contribution in [0.25, 0.3) is 0 Å². The standard InChI is InChI=1S/C16H17N5O3S/c1-3-9-21-14(23)12(13(22)18-16(21)24)10(2)19-20-15(25)17-11-7-5-4-6-8-11/h3-8,12,19H,1-2,9H2,(H2,17,20,25)(H,18,22,24)/t12-/m0/s1. The second kappa shape index (κ2) is 8.06. The number of para-hydroxylation sites is 1. The third-order valence-electron chi connectivity index (χ3n) is 3.28. The van der Waals surface area contributed by atoms with Crippen LogP contribution >= 0.6 is 12.2 Å². The van der Waals surface area contributed by atoms with Crippen LogP contribution in [0.2, 0.25) is 0 Å². The van der Waals surface area contributed by atoms with Gasteiger partial charge < -0.3 is 10.7 Å². The summed E-state index contributed by atoms with van der Waals surface area (Å²) in [6.07, 6.45) is 1.39. The predicted molar refractivity (Wildman–Crippen MR) is 97.0 cm³/mol. The molecule has 4 N–H and O–H groups in total. The molecule has 0 radical (unpaired) electrons. The number of rotatable bonds is 6. The Morgan fingerprint density at radius 3 is 2.56 bits per heavy atom. The molecular weight excluding hydrogens is 342 g/mol. The highest BCUT2D eigenvalue weighted by Crippen LogP contribution is 2.15. The molecule has 1 heterocycles. The lowest BCUT2D eigenvalue weighted by molar-refractivity contribution is -0.140. The molecule has 9 heteroatoms. The topological polar surface area (TPSA) is 103 Å². The first-order valence-corrected chi connectivity index (χ1v) is 7.68. The van der Waals surface area contributed by atoms with Gasteiger partial charge in [-0.05, 0) is 24.4 Å². The molecule has 0 saturated carbocycles.